The van der Waals surface area contributed by atoms with Gasteiger partial charge in [0.15, 0.2) is 0 Å². The van der Waals surface area contributed by atoms with Crippen molar-refractivity contribution < 1.29 is 9.84 Å². The van der Waals surface area contributed by atoms with Crippen LogP contribution in [0.2, 0.25) is 0 Å². The van der Waals surface area contributed by atoms with E-state index in [9.17, 15) is 5.11 Å². The second-order valence-electron chi connectivity index (χ2n) is 6.06. The van der Waals surface area contributed by atoms with Crippen LogP contribution in [0.1, 0.15) is 37.5 Å². The molecule has 3 nitrogen and oxygen atoms in total. The lowest BCUT2D eigenvalue weighted by atomic mass is 10.1. The smallest absolute Gasteiger partial charge is 0.125 e. The van der Waals surface area contributed by atoms with E-state index in [1.54, 1.807) is 0 Å². The van der Waals surface area contributed by atoms with Crippen LogP contribution in [0, 0.1) is 26.7 Å². The van der Waals surface area contributed by atoms with Crippen molar-refractivity contribution in [1.82, 2.24) is 5.32 Å². The largest absolute Gasteiger partial charge is 0.490 e. The van der Waals surface area contributed by atoms with Crippen molar-refractivity contribution in [2.45, 2.75) is 53.7 Å². The molecule has 0 aliphatic carbocycles. The second kappa shape index (κ2) is 7.65. The Morgan fingerprint density at radius 3 is 2.30 bits per heavy atom. The maximum Gasteiger partial charge on any atom is 0.125 e. The van der Waals surface area contributed by atoms with Crippen molar-refractivity contribution in [3.63, 3.8) is 0 Å². The minimum absolute atomic E-state index is 0.322. The molecule has 0 aromatic heterocycles. The third kappa shape index (κ3) is 4.80. The number of ether oxygens (including phenoxy) is 1. The number of rotatable bonds is 7. The Labute approximate surface area is 123 Å². The SMILES string of the molecule is Cc1ccc(C)c(OC[C@@H](O)CN[C@@H](C)C(C)C)c1C. The fraction of sp³-hybridized carbons (Fsp3) is 0.647. The highest BCUT2D eigenvalue weighted by Gasteiger charge is 2.12. The lowest BCUT2D eigenvalue weighted by Crippen LogP contribution is -2.39. The van der Waals surface area contributed by atoms with Gasteiger partial charge in [0, 0.05) is 12.6 Å². The zero-order valence-corrected chi connectivity index (χ0v) is 13.7. The molecule has 0 bridgehead atoms. The monoisotopic (exact) mass is 279 g/mol. The van der Waals surface area contributed by atoms with Crippen LogP contribution in [0.3, 0.4) is 0 Å². The fourth-order valence-corrected chi connectivity index (χ4v) is 1.94. The number of hydrogen-bond donors (Lipinski definition) is 2. The first-order valence-electron chi connectivity index (χ1n) is 7.44. The fourth-order valence-electron chi connectivity index (χ4n) is 1.94. The number of aliphatic hydroxyl groups is 1. The van der Waals surface area contributed by atoms with Gasteiger partial charge < -0.3 is 15.2 Å². The van der Waals surface area contributed by atoms with Gasteiger partial charge in [-0.2, -0.15) is 0 Å². The minimum Gasteiger partial charge on any atom is -0.490 e. The Morgan fingerprint density at radius 2 is 1.70 bits per heavy atom. The molecule has 1 aromatic carbocycles. The quantitative estimate of drug-likeness (QED) is 0.806. The molecule has 0 amide bonds. The molecule has 2 N–H and O–H groups in total. The van der Waals surface area contributed by atoms with Gasteiger partial charge in [0.2, 0.25) is 0 Å². The Morgan fingerprint density at radius 1 is 1.10 bits per heavy atom. The van der Waals surface area contributed by atoms with Gasteiger partial charge in [-0.05, 0) is 50.3 Å². The Bertz CT molecular complexity index is 429. The third-order valence-corrected chi connectivity index (χ3v) is 3.97. The van der Waals surface area contributed by atoms with Crippen molar-refractivity contribution in [2.75, 3.05) is 13.2 Å². The average molecular weight is 279 g/mol. The summed E-state index contributed by atoms with van der Waals surface area (Å²) in [6, 6.07) is 4.55. The molecule has 114 valence electrons. The summed E-state index contributed by atoms with van der Waals surface area (Å²) in [4.78, 5) is 0. The van der Waals surface area contributed by atoms with E-state index in [1.807, 2.05) is 6.92 Å². The van der Waals surface area contributed by atoms with Crippen molar-refractivity contribution in [1.29, 1.82) is 0 Å². The summed E-state index contributed by atoms with van der Waals surface area (Å²) in [7, 11) is 0. The van der Waals surface area contributed by atoms with Gasteiger partial charge in [-0.1, -0.05) is 26.0 Å². The summed E-state index contributed by atoms with van der Waals surface area (Å²) in [5.41, 5.74) is 3.48. The molecule has 0 unspecified atom stereocenters. The topological polar surface area (TPSA) is 41.5 Å². The van der Waals surface area contributed by atoms with Crippen molar-refractivity contribution in [3.8, 4) is 5.75 Å². The van der Waals surface area contributed by atoms with Gasteiger partial charge in [-0.25, -0.2) is 0 Å². The molecule has 0 saturated carbocycles. The molecule has 0 spiro atoms. The van der Waals surface area contributed by atoms with Gasteiger partial charge in [-0.15, -0.1) is 0 Å². The van der Waals surface area contributed by atoms with Crippen LogP contribution in [0.4, 0.5) is 0 Å². The van der Waals surface area contributed by atoms with Gasteiger partial charge in [0.25, 0.3) is 0 Å². The zero-order valence-electron chi connectivity index (χ0n) is 13.7. The van der Waals surface area contributed by atoms with E-state index in [1.165, 1.54) is 5.56 Å². The van der Waals surface area contributed by atoms with Gasteiger partial charge in [0.05, 0.1) is 0 Å². The molecule has 0 fully saturated rings. The van der Waals surface area contributed by atoms with Crippen LogP contribution in [0.5, 0.6) is 5.75 Å². The predicted octanol–water partition coefficient (Wildman–Crippen LogP) is 2.99. The number of aryl methyl sites for hydroxylation is 2. The zero-order chi connectivity index (χ0) is 15.3. The van der Waals surface area contributed by atoms with Crippen LogP contribution in [-0.2, 0) is 0 Å². The normalized spacial score (nSPS) is 14.4. The van der Waals surface area contributed by atoms with Crippen LogP contribution in [0.25, 0.3) is 0 Å². The first-order valence-corrected chi connectivity index (χ1v) is 7.44. The highest BCUT2D eigenvalue weighted by atomic mass is 16.5. The van der Waals surface area contributed by atoms with Crippen LogP contribution >= 0.6 is 0 Å². The minimum atomic E-state index is -0.490. The highest BCUT2D eigenvalue weighted by Crippen LogP contribution is 2.25. The van der Waals surface area contributed by atoms with Crippen molar-refractivity contribution in [3.05, 3.63) is 28.8 Å². The number of hydrogen-bond acceptors (Lipinski definition) is 3. The van der Waals surface area contributed by atoms with E-state index in [-0.39, 0.29) is 0 Å². The molecule has 1 rings (SSSR count). The van der Waals surface area contributed by atoms with E-state index in [0.29, 0.717) is 25.1 Å². The van der Waals surface area contributed by atoms with Crippen LogP contribution < -0.4 is 10.1 Å². The van der Waals surface area contributed by atoms with E-state index >= 15 is 0 Å². The lowest BCUT2D eigenvalue weighted by molar-refractivity contribution is 0.102. The molecule has 0 radical (unpaired) electrons. The van der Waals surface area contributed by atoms with E-state index in [4.69, 9.17) is 4.74 Å². The van der Waals surface area contributed by atoms with Crippen molar-refractivity contribution in [2.24, 2.45) is 5.92 Å². The summed E-state index contributed by atoms with van der Waals surface area (Å²) < 4.78 is 5.81. The molecule has 0 aliphatic heterocycles. The first kappa shape index (κ1) is 17.0. The van der Waals surface area contributed by atoms with Crippen LogP contribution in [0.15, 0.2) is 12.1 Å². The Balaban J connectivity index is 2.49. The number of benzene rings is 1. The third-order valence-electron chi connectivity index (χ3n) is 3.97. The van der Waals surface area contributed by atoms with E-state index in [2.05, 4.69) is 52.1 Å². The lowest BCUT2D eigenvalue weighted by Gasteiger charge is -2.21. The summed E-state index contributed by atoms with van der Waals surface area (Å²) in [6.07, 6.45) is -0.490. The molecule has 3 heteroatoms. The average Bonchev–Trinajstić information content (AvgIpc) is 2.40. The number of aliphatic hydroxyl groups excluding tert-OH is 1. The Hall–Kier alpha value is -1.06. The van der Waals surface area contributed by atoms with E-state index in [0.717, 1.165) is 16.9 Å². The highest BCUT2D eigenvalue weighted by molar-refractivity contribution is 5.44. The maximum atomic E-state index is 10.0. The molecule has 0 saturated heterocycles. The maximum absolute atomic E-state index is 10.0. The number of nitrogens with one attached hydrogen (secondary N) is 1. The van der Waals surface area contributed by atoms with Crippen molar-refractivity contribution >= 4 is 0 Å². The molecule has 0 heterocycles. The molecule has 20 heavy (non-hydrogen) atoms. The summed E-state index contributed by atoms with van der Waals surface area (Å²) in [6.45, 7) is 13.5. The van der Waals surface area contributed by atoms with Gasteiger partial charge in [-0.3, -0.25) is 0 Å². The summed E-state index contributed by atoms with van der Waals surface area (Å²) in [5, 5.41) is 13.3. The second-order valence-corrected chi connectivity index (χ2v) is 6.06. The summed E-state index contributed by atoms with van der Waals surface area (Å²) in [5.74, 6) is 1.46. The predicted molar refractivity (Wildman–Crippen MR) is 84.5 cm³/mol. The standard InChI is InChI=1S/C17H29NO2/c1-11(2)15(6)18-9-16(19)10-20-17-13(4)8-7-12(3)14(17)5/h7-8,11,15-16,18-19H,9-10H2,1-6H3/t15-,16-/m0/s1. The summed E-state index contributed by atoms with van der Waals surface area (Å²) >= 11 is 0. The van der Waals surface area contributed by atoms with Gasteiger partial charge >= 0.3 is 0 Å². The molecule has 2 atom stereocenters. The molecule has 1 aromatic rings. The van der Waals surface area contributed by atoms with Crippen LogP contribution in [-0.4, -0.2) is 30.4 Å². The molecule has 0 aliphatic rings. The van der Waals surface area contributed by atoms with Gasteiger partial charge in [0.1, 0.15) is 18.5 Å². The van der Waals surface area contributed by atoms with E-state index < -0.39 is 6.10 Å². The molecular weight excluding hydrogens is 250 g/mol. The molecular formula is C17H29NO2. The first-order chi connectivity index (χ1) is 9.32. The Kier molecular flexibility index (Phi) is 6.50.